The van der Waals surface area contributed by atoms with Crippen molar-refractivity contribution in [2.75, 3.05) is 20.2 Å². The molecule has 1 saturated heterocycles. The summed E-state index contributed by atoms with van der Waals surface area (Å²) < 4.78 is 16.1. The summed E-state index contributed by atoms with van der Waals surface area (Å²) >= 11 is 0. The van der Waals surface area contributed by atoms with E-state index in [0.717, 1.165) is 31.5 Å². The first kappa shape index (κ1) is 20.9. The average Bonchev–Trinajstić information content (AvgIpc) is 3.27. The molecule has 0 radical (unpaired) electrons. The van der Waals surface area contributed by atoms with Crippen LogP contribution in [0.25, 0.3) is 11.3 Å². The number of aryl methyl sites for hydroxylation is 1. The Labute approximate surface area is 179 Å². The maximum absolute atomic E-state index is 12.7. The Kier molecular flexibility index (Phi) is 6.18. The van der Waals surface area contributed by atoms with Gasteiger partial charge in [-0.05, 0) is 56.6 Å². The predicted octanol–water partition coefficient (Wildman–Crippen LogP) is 3.01. The lowest BCUT2D eigenvalue weighted by Gasteiger charge is -2.21. The van der Waals surface area contributed by atoms with Gasteiger partial charge in [0.2, 0.25) is 0 Å². The predicted molar refractivity (Wildman–Crippen MR) is 114 cm³/mol. The molecule has 8 nitrogen and oxygen atoms in total. The number of rotatable bonds is 6. The molecule has 0 bridgehead atoms. The van der Waals surface area contributed by atoms with Crippen LogP contribution in [0.3, 0.4) is 0 Å². The van der Waals surface area contributed by atoms with Crippen molar-refractivity contribution in [2.45, 2.75) is 32.2 Å². The number of benzene rings is 1. The van der Waals surface area contributed by atoms with Gasteiger partial charge in [0, 0.05) is 17.5 Å². The van der Waals surface area contributed by atoms with Crippen LogP contribution in [0, 0.1) is 6.92 Å². The van der Waals surface area contributed by atoms with Crippen molar-refractivity contribution in [2.24, 2.45) is 0 Å². The quantitative estimate of drug-likeness (QED) is 0.628. The van der Waals surface area contributed by atoms with Crippen molar-refractivity contribution in [1.29, 1.82) is 0 Å². The number of nitrogens with zero attached hydrogens (tertiary/aromatic N) is 1. The summed E-state index contributed by atoms with van der Waals surface area (Å²) in [5, 5.41) is 10.0. The standard InChI is InChI=1S/C23H25N3O5/c1-14-10-19(15-6-8-24-9-7-15)30-23(28)21(14)22(27)25-13-17-12-20(31-26-17)16-4-3-5-18(11-16)29-2/h3-5,10-12,15,24H,6-9,13H2,1-2H3,(H,25,27). The fourth-order valence-electron chi connectivity index (χ4n) is 3.78. The number of aromatic nitrogens is 1. The molecule has 0 saturated carbocycles. The van der Waals surface area contributed by atoms with Gasteiger partial charge in [0.15, 0.2) is 5.76 Å². The van der Waals surface area contributed by atoms with E-state index in [4.69, 9.17) is 13.7 Å². The van der Waals surface area contributed by atoms with Crippen LogP contribution < -0.4 is 21.0 Å². The highest BCUT2D eigenvalue weighted by atomic mass is 16.5. The minimum Gasteiger partial charge on any atom is -0.497 e. The molecular weight excluding hydrogens is 398 g/mol. The van der Waals surface area contributed by atoms with Crippen LogP contribution in [0.4, 0.5) is 0 Å². The first-order valence-corrected chi connectivity index (χ1v) is 10.3. The molecule has 162 valence electrons. The number of hydrogen-bond acceptors (Lipinski definition) is 7. The summed E-state index contributed by atoms with van der Waals surface area (Å²) in [7, 11) is 1.60. The van der Waals surface area contributed by atoms with E-state index >= 15 is 0 Å². The Morgan fingerprint density at radius 2 is 2.06 bits per heavy atom. The van der Waals surface area contributed by atoms with Crippen molar-refractivity contribution in [3.63, 3.8) is 0 Å². The maximum Gasteiger partial charge on any atom is 0.349 e. The van der Waals surface area contributed by atoms with Crippen LogP contribution in [0.5, 0.6) is 5.75 Å². The third kappa shape index (κ3) is 4.69. The molecule has 2 N–H and O–H groups in total. The molecule has 8 heteroatoms. The molecule has 0 unspecified atom stereocenters. The third-order valence-electron chi connectivity index (χ3n) is 5.48. The SMILES string of the molecule is COc1cccc(-c2cc(CNC(=O)c3c(C)cc(C4CCNCC4)oc3=O)no2)c1. The summed E-state index contributed by atoms with van der Waals surface area (Å²) in [4.78, 5) is 25.2. The average molecular weight is 423 g/mol. The molecule has 1 aromatic carbocycles. The number of carbonyl (C=O) groups is 1. The van der Waals surface area contributed by atoms with E-state index in [-0.39, 0.29) is 18.0 Å². The number of nitrogens with one attached hydrogen (secondary N) is 2. The highest BCUT2D eigenvalue weighted by molar-refractivity contribution is 5.95. The van der Waals surface area contributed by atoms with Crippen molar-refractivity contribution >= 4 is 5.91 Å². The molecule has 31 heavy (non-hydrogen) atoms. The molecule has 1 aliphatic rings. The topological polar surface area (TPSA) is 107 Å². The van der Waals surface area contributed by atoms with Crippen LogP contribution in [0.15, 0.2) is 50.1 Å². The molecule has 1 amide bonds. The monoisotopic (exact) mass is 423 g/mol. The van der Waals surface area contributed by atoms with E-state index in [1.807, 2.05) is 30.3 Å². The van der Waals surface area contributed by atoms with E-state index in [0.29, 0.717) is 28.5 Å². The molecule has 3 aromatic rings. The summed E-state index contributed by atoms with van der Waals surface area (Å²) in [5.74, 6) is 1.63. The molecule has 1 fully saturated rings. The fourth-order valence-corrected chi connectivity index (χ4v) is 3.78. The van der Waals surface area contributed by atoms with E-state index in [1.165, 1.54) is 0 Å². The zero-order valence-electron chi connectivity index (χ0n) is 17.6. The van der Waals surface area contributed by atoms with Gasteiger partial charge in [-0.15, -0.1) is 0 Å². The molecule has 1 aliphatic heterocycles. The molecule has 0 aliphatic carbocycles. The highest BCUT2D eigenvalue weighted by Gasteiger charge is 2.22. The zero-order chi connectivity index (χ0) is 21.8. The van der Waals surface area contributed by atoms with Crippen LogP contribution in [-0.4, -0.2) is 31.3 Å². The lowest BCUT2D eigenvalue weighted by Crippen LogP contribution is -2.30. The summed E-state index contributed by atoms with van der Waals surface area (Å²) in [6.07, 6.45) is 1.82. The maximum atomic E-state index is 12.7. The van der Waals surface area contributed by atoms with Crippen molar-refractivity contribution in [1.82, 2.24) is 15.8 Å². The number of piperidine rings is 1. The van der Waals surface area contributed by atoms with Crippen molar-refractivity contribution < 1.29 is 18.5 Å². The summed E-state index contributed by atoms with van der Waals surface area (Å²) in [6, 6.07) is 11.0. The van der Waals surface area contributed by atoms with Gasteiger partial charge in [0.1, 0.15) is 22.8 Å². The fraction of sp³-hybridized carbons (Fsp3) is 0.348. The number of carbonyl (C=O) groups excluding carboxylic acids is 1. The second-order valence-electron chi connectivity index (χ2n) is 7.62. The highest BCUT2D eigenvalue weighted by Crippen LogP contribution is 2.26. The van der Waals surface area contributed by atoms with Gasteiger partial charge in [0.25, 0.3) is 5.91 Å². The Hall–Kier alpha value is -3.39. The lowest BCUT2D eigenvalue weighted by atomic mass is 9.94. The van der Waals surface area contributed by atoms with Gasteiger partial charge < -0.3 is 24.3 Å². The molecule has 0 atom stereocenters. The van der Waals surface area contributed by atoms with Crippen molar-refractivity contribution in [3.05, 3.63) is 69.4 Å². The van der Waals surface area contributed by atoms with Gasteiger partial charge in [0.05, 0.1) is 13.7 Å². The van der Waals surface area contributed by atoms with Crippen molar-refractivity contribution in [3.8, 4) is 17.1 Å². The number of ether oxygens (including phenoxy) is 1. The molecule has 0 spiro atoms. The Morgan fingerprint density at radius 3 is 2.81 bits per heavy atom. The number of amides is 1. The van der Waals surface area contributed by atoms with Gasteiger partial charge in [-0.25, -0.2) is 4.79 Å². The van der Waals surface area contributed by atoms with Gasteiger partial charge in [-0.2, -0.15) is 0 Å². The lowest BCUT2D eigenvalue weighted by molar-refractivity contribution is 0.0944. The Balaban J connectivity index is 1.44. The third-order valence-corrected chi connectivity index (χ3v) is 5.48. The summed E-state index contributed by atoms with van der Waals surface area (Å²) in [6.45, 7) is 3.67. The summed E-state index contributed by atoms with van der Waals surface area (Å²) in [5.41, 5.74) is 1.38. The molecule has 4 rings (SSSR count). The van der Waals surface area contributed by atoms with E-state index in [1.54, 1.807) is 20.1 Å². The normalized spacial score (nSPS) is 14.4. The first-order chi connectivity index (χ1) is 15.0. The largest absolute Gasteiger partial charge is 0.497 e. The molecular formula is C23H25N3O5. The number of methoxy groups -OCH3 is 1. The second-order valence-corrected chi connectivity index (χ2v) is 7.62. The van der Waals surface area contributed by atoms with Gasteiger partial charge in [-0.1, -0.05) is 17.3 Å². The Bertz CT molecular complexity index is 1130. The minimum absolute atomic E-state index is 0.0224. The van der Waals surface area contributed by atoms with Gasteiger partial charge >= 0.3 is 5.63 Å². The van der Waals surface area contributed by atoms with Crippen LogP contribution in [-0.2, 0) is 6.54 Å². The van der Waals surface area contributed by atoms with E-state index < -0.39 is 11.5 Å². The first-order valence-electron chi connectivity index (χ1n) is 10.3. The smallest absolute Gasteiger partial charge is 0.349 e. The second kappa shape index (κ2) is 9.18. The molecule has 2 aromatic heterocycles. The van der Waals surface area contributed by atoms with Crippen LogP contribution in [0.1, 0.15) is 46.1 Å². The van der Waals surface area contributed by atoms with E-state index in [9.17, 15) is 9.59 Å². The zero-order valence-corrected chi connectivity index (χ0v) is 17.6. The van der Waals surface area contributed by atoms with Crippen LogP contribution in [0.2, 0.25) is 0 Å². The molecule has 3 heterocycles. The number of hydrogen-bond donors (Lipinski definition) is 2. The Morgan fingerprint density at radius 1 is 1.26 bits per heavy atom. The van der Waals surface area contributed by atoms with E-state index in [2.05, 4.69) is 15.8 Å². The van der Waals surface area contributed by atoms with Crippen LogP contribution >= 0.6 is 0 Å². The minimum atomic E-state index is -0.608. The van der Waals surface area contributed by atoms with Gasteiger partial charge in [-0.3, -0.25) is 4.79 Å².